The lowest BCUT2D eigenvalue weighted by Gasteiger charge is -2.50. The van der Waals surface area contributed by atoms with Crippen LogP contribution in [0.1, 0.15) is 102 Å². The molecular formula is C36H44N4O2. The van der Waals surface area contributed by atoms with Crippen molar-refractivity contribution >= 4 is 0 Å². The van der Waals surface area contributed by atoms with E-state index in [0.29, 0.717) is 0 Å². The molecule has 220 valence electrons. The molecule has 4 heterocycles. The summed E-state index contributed by atoms with van der Waals surface area (Å²) in [5, 5.41) is 23.3. The summed E-state index contributed by atoms with van der Waals surface area (Å²) in [7, 11) is 0. The Labute approximate surface area is 249 Å². The summed E-state index contributed by atoms with van der Waals surface area (Å²) in [5.74, 6) is 0. The summed E-state index contributed by atoms with van der Waals surface area (Å²) >= 11 is 0. The molecule has 6 nitrogen and oxygen atoms in total. The van der Waals surface area contributed by atoms with Crippen LogP contribution >= 0.6 is 0 Å². The van der Waals surface area contributed by atoms with Crippen molar-refractivity contribution in [1.82, 2.24) is 19.1 Å². The molecule has 2 fully saturated rings. The second kappa shape index (κ2) is 9.65. The van der Waals surface area contributed by atoms with Crippen LogP contribution in [0.2, 0.25) is 0 Å². The minimum absolute atomic E-state index is 0.0125. The van der Waals surface area contributed by atoms with Crippen molar-refractivity contribution < 1.29 is 10.2 Å². The monoisotopic (exact) mass is 564 g/mol. The lowest BCUT2D eigenvalue weighted by Crippen LogP contribution is -2.52. The first-order chi connectivity index (χ1) is 20.1. The van der Waals surface area contributed by atoms with E-state index in [1.54, 1.807) is 0 Å². The standard InChI is InChI=1S/2C18H22N2O/c2*1-17(2)9-5-6-10-18(17,21)16-14-8-4-3-7-13(14)15-11-19-12-20(15)16/h2*3-4,7-8,11-12,16,21H,5-6,9-10H2,1-2H3/t2*16?,18-/m10/s1. The molecule has 4 aromatic rings. The van der Waals surface area contributed by atoms with Crippen molar-refractivity contribution in [2.24, 2.45) is 10.8 Å². The van der Waals surface area contributed by atoms with Gasteiger partial charge < -0.3 is 19.3 Å². The van der Waals surface area contributed by atoms with Crippen LogP contribution < -0.4 is 0 Å². The fourth-order valence-electron chi connectivity index (χ4n) is 8.70. The quantitative estimate of drug-likeness (QED) is 0.263. The Balaban J connectivity index is 0.000000137. The fourth-order valence-corrected chi connectivity index (χ4v) is 8.70. The molecule has 2 aliphatic carbocycles. The molecule has 0 bridgehead atoms. The highest BCUT2D eigenvalue weighted by Gasteiger charge is 2.55. The van der Waals surface area contributed by atoms with Crippen LogP contribution in [-0.4, -0.2) is 40.5 Å². The van der Waals surface area contributed by atoms with Gasteiger partial charge in [0.15, 0.2) is 0 Å². The normalized spacial score (nSPS) is 30.0. The minimum Gasteiger partial charge on any atom is -0.387 e. The van der Waals surface area contributed by atoms with Crippen LogP contribution in [0.25, 0.3) is 22.5 Å². The van der Waals surface area contributed by atoms with Gasteiger partial charge in [0.05, 0.1) is 59.7 Å². The third-order valence-corrected chi connectivity index (χ3v) is 11.4. The smallest absolute Gasteiger partial charge is 0.0957 e. The molecule has 2 aliphatic heterocycles. The van der Waals surface area contributed by atoms with Gasteiger partial charge in [-0.2, -0.15) is 0 Å². The summed E-state index contributed by atoms with van der Waals surface area (Å²) in [4.78, 5) is 8.64. The Morgan fingerprint density at radius 1 is 0.595 bits per heavy atom. The third kappa shape index (κ3) is 3.84. The van der Waals surface area contributed by atoms with Gasteiger partial charge in [0.2, 0.25) is 0 Å². The van der Waals surface area contributed by atoms with E-state index < -0.39 is 11.2 Å². The Morgan fingerprint density at radius 3 is 1.38 bits per heavy atom. The van der Waals surface area contributed by atoms with Crippen LogP contribution in [0.3, 0.4) is 0 Å². The largest absolute Gasteiger partial charge is 0.387 e. The topological polar surface area (TPSA) is 76.1 Å². The zero-order valence-electron chi connectivity index (χ0n) is 25.4. The minimum atomic E-state index is -0.715. The first kappa shape index (κ1) is 27.6. The highest BCUT2D eigenvalue weighted by Crippen LogP contribution is 2.57. The van der Waals surface area contributed by atoms with Crippen LogP contribution in [0.4, 0.5) is 0 Å². The van der Waals surface area contributed by atoms with Gasteiger partial charge in [-0.05, 0) is 47.6 Å². The van der Waals surface area contributed by atoms with E-state index in [1.807, 2.05) is 25.0 Å². The van der Waals surface area contributed by atoms with Crippen molar-refractivity contribution in [1.29, 1.82) is 0 Å². The van der Waals surface area contributed by atoms with Crippen molar-refractivity contribution in [2.75, 3.05) is 0 Å². The number of aliphatic hydroxyl groups is 2. The first-order valence-electron chi connectivity index (χ1n) is 15.8. The molecule has 0 saturated heterocycles. The summed E-state index contributed by atoms with van der Waals surface area (Å²) in [6, 6.07) is 16.9. The van der Waals surface area contributed by atoms with E-state index in [1.165, 1.54) is 35.1 Å². The lowest BCUT2D eigenvalue weighted by molar-refractivity contribution is -0.121. The fraction of sp³-hybridized carbons (Fsp3) is 0.500. The van der Waals surface area contributed by atoms with Crippen LogP contribution in [-0.2, 0) is 0 Å². The number of hydrogen-bond acceptors (Lipinski definition) is 4. The van der Waals surface area contributed by atoms with Crippen molar-refractivity contribution in [3.05, 3.63) is 84.7 Å². The van der Waals surface area contributed by atoms with Crippen LogP contribution in [0.15, 0.2) is 73.6 Å². The number of nitrogens with zero attached hydrogens (tertiary/aromatic N) is 4. The second-order valence-electron chi connectivity index (χ2n) is 14.4. The maximum Gasteiger partial charge on any atom is 0.0957 e. The molecule has 0 amide bonds. The average molecular weight is 565 g/mol. The molecule has 4 atom stereocenters. The number of rotatable bonds is 2. The van der Waals surface area contributed by atoms with Gasteiger partial charge in [0, 0.05) is 11.1 Å². The summed E-state index contributed by atoms with van der Waals surface area (Å²) in [5.41, 5.74) is 5.57. The van der Waals surface area contributed by atoms with Gasteiger partial charge in [-0.25, -0.2) is 9.97 Å². The SMILES string of the molecule is CC1(C)CCCC[C@@]1(O)C1c2ccccc2-c2cncn21.CC1(C)CCCC[C@]1(O)C1c2ccccc2-c2cncn21. The molecule has 6 heteroatoms. The van der Waals surface area contributed by atoms with Gasteiger partial charge in [-0.15, -0.1) is 0 Å². The molecule has 2 saturated carbocycles. The number of imidazole rings is 2. The summed E-state index contributed by atoms with van der Waals surface area (Å²) < 4.78 is 4.36. The number of aromatic nitrogens is 4. The van der Waals surface area contributed by atoms with E-state index in [0.717, 1.165) is 49.9 Å². The Hall–Kier alpha value is -3.22. The summed E-state index contributed by atoms with van der Waals surface area (Å²) in [6.45, 7) is 8.85. The van der Waals surface area contributed by atoms with E-state index in [4.69, 9.17) is 0 Å². The Morgan fingerprint density at radius 2 is 0.976 bits per heavy atom. The van der Waals surface area contributed by atoms with Gasteiger partial charge in [0.1, 0.15) is 0 Å². The van der Waals surface area contributed by atoms with Crippen molar-refractivity contribution in [3.8, 4) is 22.5 Å². The summed E-state index contributed by atoms with van der Waals surface area (Å²) in [6.07, 6.45) is 16.1. The zero-order chi connectivity index (χ0) is 29.3. The molecule has 2 aromatic heterocycles. The molecule has 0 spiro atoms. The predicted molar refractivity (Wildman–Crippen MR) is 166 cm³/mol. The zero-order valence-corrected chi connectivity index (χ0v) is 25.4. The predicted octanol–water partition coefficient (Wildman–Crippen LogP) is 7.57. The van der Waals surface area contributed by atoms with Gasteiger partial charge in [-0.3, -0.25) is 0 Å². The van der Waals surface area contributed by atoms with Crippen molar-refractivity contribution in [2.45, 2.75) is 102 Å². The molecule has 4 aliphatic rings. The maximum atomic E-state index is 11.7. The van der Waals surface area contributed by atoms with E-state index in [-0.39, 0.29) is 22.9 Å². The van der Waals surface area contributed by atoms with Gasteiger partial charge >= 0.3 is 0 Å². The van der Waals surface area contributed by atoms with Crippen molar-refractivity contribution in [3.63, 3.8) is 0 Å². The molecule has 8 rings (SSSR count). The van der Waals surface area contributed by atoms with E-state index >= 15 is 0 Å². The lowest BCUT2D eigenvalue weighted by atomic mass is 9.61. The molecule has 2 unspecified atom stereocenters. The molecule has 2 N–H and O–H groups in total. The van der Waals surface area contributed by atoms with Crippen LogP contribution in [0.5, 0.6) is 0 Å². The first-order valence-corrected chi connectivity index (χ1v) is 15.8. The number of hydrogen-bond donors (Lipinski definition) is 2. The average Bonchev–Trinajstić information content (AvgIpc) is 3.73. The Bertz CT molecular complexity index is 1500. The molecule has 42 heavy (non-hydrogen) atoms. The highest BCUT2D eigenvalue weighted by molar-refractivity contribution is 5.70. The molecule has 0 radical (unpaired) electrons. The van der Waals surface area contributed by atoms with Crippen LogP contribution in [0, 0.1) is 10.8 Å². The highest BCUT2D eigenvalue weighted by atomic mass is 16.3. The molecule has 2 aromatic carbocycles. The second-order valence-corrected chi connectivity index (χ2v) is 14.4. The maximum absolute atomic E-state index is 11.7. The van der Waals surface area contributed by atoms with Gasteiger partial charge in [0.25, 0.3) is 0 Å². The van der Waals surface area contributed by atoms with E-state index in [9.17, 15) is 10.2 Å². The third-order valence-electron chi connectivity index (χ3n) is 11.4. The number of fused-ring (bicyclic) bond motifs is 6. The Kier molecular flexibility index (Phi) is 6.34. The molecular weight excluding hydrogens is 520 g/mol. The van der Waals surface area contributed by atoms with Gasteiger partial charge in [-0.1, -0.05) is 102 Å². The number of benzene rings is 2. The van der Waals surface area contributed by atoms with E-state index in [2.05, 4.69) is 95.3 Å².